The molecule has 0 unspecified atom stereocenters. The summed E-state index contributed by atoms with van der Waals surface area (Å²) in [5, 5.41) is 0. The lowest BCUT2D eigenvalue weighted by atomic mass is 9.99. The van der Waals surface area contributed by atoms with Crippen molar-refractivity contribution in [3.05, 3.63) is 5.82 Å². The molecule has 6 heteroatoms. The number of aromatic nitrogens is 3. The van der Waals surface area contributed by atoms with Gasteiger partial charge in [-0.3, -0.25) is 4.90 Å². The van der Waals surface area contributed by atoms with Gasteiger partial charge >= 0.3 is 0 Å². The van der Waals surface area contributed by atoms with E-state index in [2.05, 4.69) is 33.7 Å². The van der Waals surface area contributed by atoms with Crippen LogP contribution in [0.25, 0.3) is 0 Å². The molecule has 1 aromatic heterocycles. The third-order valence-corrected chi connectivity index (χ3v) is 3.67. The summed E-state index contributed by atoms with van der Waals surface area (Å²) >= 11 is 0. The van der Waals surface area contributed by atoms with Crippen molar-refractivity contribution in [3.63, 3.8) is 0 Å². The van der Waals surface area contributed by atoms with Crippen LogP contribution in [0, 0.1) is 5.92 Å². The quantitative estimate of drug-likeness (QED) is 0.887. The maximum atomic E-state index is 5.78. The van der Waals surface area contributed by atoms with E-state index < -0.39 is 0 Å². The molecule has 106 valence electrons. The van der Waals surface area contributed by atoms with Gasteiger partial charge in [0.15, 0.2) is 5.82 Å². The lowest BCUT2D eigenvalue weighted by molar-refractivity contribution is 0.134. The van der Waals surface area contributed by atoms with Gasteiger partial charge in [-0.15, -0.1) is 0 Å². The molecule has 1 aromatic rings. The lowest BCUT2D eigenvalue weighted by Gasteiger charge is -2.34. The fourth-order valence-corrected chi connectivity index (χ4v) is 2.52. The Hall–Kier alpha value is -1.43. The minimum Gasteiger partial charge on any atom is -0.368 e. The van der Waals surface area contributed by atoms with Crippen LogP contribution in [0.5, 0.6) is 0 Å². The molecule has 19 heavy (non-hydrogen) atoms. The van der Waals surface area contributed by atoms with Crippen LogP contribution in [0.4, 0.5) is 11.9 Å². The van der Waals surface area contributed by atoms with E-state index in [1.54, 1.807) is 0 Å². The van der Waals surface area contributed by atoms with E-state index in [1.807, 2.05) is 19.0 Å². The number of hydrogen-bond donors (Lipinski definition) is 1. The van der Waals surface area contributed by atoms with Crippen molar-refractivity contribution in [2.75, 3.05) is 37.8 Å². The molecule has 0 radical (unpaired) electrons. The lowest BCUT2D eigenvalue weighted by Crippen LogP contribution is -2.37. The summed E-state index contributed by atoms with van der Waals surface area (Å²) < 4.78 is 0. The molecule has 0 aliphatic carbocycles. The first-order valence-corrected chi connectivity index (χ1v) is 6.90. The second kappa shape index (κ2) is 5.69. The van der Waals surface area contributed by atoms with Crippen molar-refractivity contribution in [3.8, 4) is 0 Å². The standard InChI is InChI=1S/C13H24N6/c1-9-6-5-7-19(8-9)10(2)11-15-12(14)17-13(16-11)18(3)4/h9-10H,5-8H2,1-4H3,(H2,14,15,16,17)/t9-,10-/m0/s1. The Kier molecular flexibility index (Phi) is 4.19. The Morgan fingerprint density at radius 1 is 1.32 bits per heavy atom. The van der Waals surface area contributed by atoms with Crippen molar-refractivity contribution in [1.29, 1.82) is 0 Å². The van der Waals surface area contributed by atoms with Crippen LogP contribution < -0.4 is 10.6 Å². The average Bonchev–Trinajstić information content (AvgIpc) is 2.37. The van der Waals surface area contributed by atoms with Gasteiger partial charge in [-0.2, -0.15) is 15.0 Å². The molecule has 0 spiro atoms. The van der Waals surface area contributed by atoms with Gasteiger partial charge in [0.1, 0.15) is 0 Å². The molecule has 0 amide bonds. The predicted molar refractivity (Wildman–Crippen MR) is 77.0 cm³/mol. The van der Waals surface area contributed by atoms with Gasteiger partial charge in [-0.05, 0) is 32.2 Å². The smallest absolute Gasteiger partial charge is 0.229 e. The molecule has 0 saturated carbocycles. The molecule has 1 fully saturated rings. The highest BCUT2D eigenvalue weighted by atomic mass is 15.3. The normalized spacial score (nSPS) is 22.2. The fourth-order valence-electron chi connectivity index (χ4n) is 2.52. The van der Waals surface area contributed by atoms with E-state index in [0.29, 0.717) is 11.9 Å². The molecule has 0 bridgehead atoms. The number of nitrogen functional groups attached to an aromatic ring is 1. The van der Waals surface area contributed by atoms with E-state index in [0.717, 1.165) is 24.8 Å². The second-order valence-electron chi connectivity index (χ2n) is 5.66. The zero-order chi connectivity index (χ0) is 14.0. The van der Waals surface area contributed by atoms with Crippen molar-refractivity contribution < 1.29 is 0 Å². The Morgan fingerprint density at radius 3 is 2.68 bits per heavy atom. The zero-order valence-electron chi connectivity index (χ0n) is 12.3. The van der Waals surface area contributed by atoms with Crippen LogP contribution in [-0.2, 0) is 0 Å². The van der Waals surface area contributed by atoms with Crippen molar-refractivity contribution in [1.82, 2.24) is 19.9 Å². The van der Waals surface area contributed by atoms with Crippen LogP contribution in [0.1, 0.15) is 38.6 Å². The Labute approximate surface area is 115 Å². The maximum Gasteiger partial charge on any atom is 0.229 e. The predicted octanol–water partition coefficient (Wildman–Crippen LogP) is 1.31. The molecule has 0 aromatic carbocycles. The van der Waals surface area contributed by atoms with Gasteiger partial charge in [0.05, 0.1) is 6.04 Å². The largest absolute Gasteiger partial charge is 0.368 e. The Balaban J connectivity index is 2.20. The molecular weight excluding hydrogens is 240 g/mol. The van der Waals surface area contributed by atoms with Crippen LogP contribution >= 0.6 is 0 Å². The number of rotatable bonds is 3. The minimum atomic E-state index is 0.187. The molecule has 2 atom stereocenters. The summed E-state index contributed by atoms with van der Waals surface area (Å²) in [6.07, 6.45) is 2.55. The summed E-state index contributed by atoms with van der Waals surface area (Å²) in [5.41, 5.74) is 5.78. The number of anilines is 2. The molecular formula is C13H24N6. The van der Waals surface area contributed by atoms with Crippen LogP contribution in [-0.4, -0.2) is 47.0 Å². The van der Waals surface area contributed by atoms with Gasteiger partial charge in [-0.25, -0.2) is 0 Å². The number of hydrogen-bond acceptors (Lipinski definition) is 6. The Bertz CT molecular complexity index is 433. The van der Waals surface area contributed by atoms with Crippen molar-refractivity contribution in [2.24, 2.45) is 5.92 Å². The molecule has 2 N–H and O–H groups in total. The van der Waals surface area contributed by atoms with Crippen LogP contribution in [0.3, 0.4) is 0 Å². The molecule has 1 aliphatic rings. The second-order valence-corrected chi connectivity index (χ2v) is 5.66. The van der Waals surface area contributed by atoms with Crippen LogP contribution in [0.2, 0.25) is 0 Å². The maximum absolute atomic E-state index is 5.78. The topological polar surface area (TPSA) is 71.2 Å². The first kappa shape index (κ1) is 14.0. The van der Waals surface area contributed by atoms with E-state index >= 15 is 0 Å². The van der Waals surface area contributed by atoms with Gasteiger partial charge in [0, 0.05) is 20.6 Å². The SMILES string of the molecule is C[C@H]1CCCN([C@@H](C)c2nc(N)nc(N(C)C)n2)C1. The molecule has 2 heterocycles. The summed E-state index contributed by atoms with van der Waals surface area (Å²) in [5.74, 6) is 2.43. The number of nitrogens with two attached hydrogens (primary N) is 1. The molecule has 1 saturated heterocycles. The van der Waals surface area contributed by atoms with Gasteiger partial charge in [0.2, 0.25) is 11.9 Å². The summed E-state index contributed by atoms with van der Waals surface area (Å²) in [6.45, 7) is 6.65. The van der Waals surface area contributed by atoms with Crippen molar-refractivity contribution >= 4 is 11.9 Å². The van der Waals surface area contributed by atoms with Crippen molar-refractivity contribution in [2.45, 2.75) is 32.7 Å². The van der Waals surface area contributed by atoms with E-state index in [9.17, 15) is 0 Å². The first-order valence-electron chi connectivity index (χ1n) is 6.90. The summed E-state index contributed by atoms with van der Waals surface area (Å²) in [4.78, 5) is 17.2. The third-order valence-electron chi connectivity index (χ3n) is 3.67. The third kappa shape index (κ3) is 3.32. The number of piperidine rings is 1. The van der Waals surface area contributed by atoms with E-state index in [1.165, 1.54) is 12.8 Å². The molecule has 1 aliphatic heterocycles. The fraction of sp³-hybridized carbons (Fsp3) is 0.769. The van der Waals surface area contributed by atoms with Gasteiger partial charge in [-0.1, -0.05) is 6.92 Å². The highest BCUT2D eigenvalue weighted by Crippen LogP contribution is 2.25. The van der Waals surface area contributed by atoms with Gasteiger partial charge in [0.25, 0.3) is 0 Å². The minimum absolute atomic E-state index is 0.187. The number of likely N-dealkylation sites (tertiary alicyclic amines) is 1. The highest BCUT2D eigenvalue weighted by Gasteiger charge is 2.24. The zero-order valence-corrected chi connectivity index (χ0v) is 12.3. The monoisotopic (exact) mass is 264 g/mol. The van der Waals surface area contributed by atoms with E-state index in [-0.39, 0.29) is 6.04 Å². The van der Waals surface area contributed by atoms with E-state index in [4.69, 9.17) is 5.73 Å². The molecule has 2 rings (SSSR count). The highest BCUT2D eigenvalue weighted by molar-refractivity contribution is 5.33. The Morgan fingerprint density at radius 2 is 2.05 bits per heavy atom. The summed E-state index contributed by atoms with van der Waals surface area (Å²) in [7, 11) is 3.82. The van der Waals surface area contributed by atoms with Gasteiger partial charge < -0.3 is 10.6 Å². The summed E-state index contributed by atoms with van der Waals surface area (Å²) in [6, 6.07) is 0.187. The first-order chi connectivity index (χ1) is 8.97. The van der Waals surface area contributed by atoms with Crippen LogP contribution in [0.15, 0.2) is 0 Å². The average molecular weight is 264 g/mol. The number of nitrogens with zero attached hydrogens (tertiary/aromatic N) is 5. The molecule has 6 nitrogen and oxygen atoms in total.